The van der Waals surface area contributed by atoms with Gasteiger partial charge in [0.15, 0.2) is 0 Å². The van der Waals surface area contributed by atoms with Crippen LogP contribution in [0.25, 0.3) is 0 Å². The minimum atomic E-state index is 1.02. The molecule has 2 aromatic rings. The van der Waals surface area contributed by atoms with Gasteiger partial charge < -0.3 is 10.3 Å². The summed E-state index contributed by atoms with van der Waals surface area (Å²) in [6, 6.07) is 15.0. The van der Waals surface area contributed by atoms with Gasteiger partial charge in [0, 0.05) is 44.6 Å². The fourth-order valence-corrected chi connectivity index (χ4v) is 3.31. The monoisotopic (exact) mass is 307 g/mol. The lowest BCUT2D eigenvalue weighted by atomic mass is 10.0. The van der Waals surface area contributed by atoms with Crippen molar-refractivity contribution in [2.45, 2.75) is 20.4 Å². The van der Waals surface area contributed by atoms with Gasteiger partial charge in [-0.2, -0.15) is 0 Å². The van der Waals surface area contributed by atoms with Crippen LogP contribution in [0.4, 0.5) is 5.69 Å². The number of piperazine rings is 1. The zero-order chi connectivity index (χ0) is 16.2. The highest BCUT2D eigenvalue weighted by Crippen LogP contribution is 2.26. The molecule has 0 radical (unpaired) electrons. The molecule has 23 heavy (non-hydrogen) atoms. The molecule has 1 aliphatic heterocycles. The van der Waals surface area contributed by atoms with Crippen molar-refractivity contribution in [2.24, 2.45) is 0 Å². The Labute approximate surface area is 139 Å². The third-order valence-electron chi connectivity index (χ3n) is 4.92. The van der Waals surface area contributed by atoms with E-state index in [0.717, 1.165) is 38.3 Å². The van der Waals surface area contributed by atoms with Crippen molar-refractivity contribution >= 4 is 11.9 Å². The Morgan fingerprint density at radius 1 is 0.913 bits per heavy atom. The Kier molecular flexibility index (Phi) is 4.77. The van der Waals surface area contributed by atoms with Crippen LogP contribution in [0.1, 0.15) is 22.3 Å². The van der Waals surface area contributed by atoms with E-state index in [4.69, 9.17) is 5.41 Å². The van der Waals surface area contributed by atoms with Crippen LogP contribution in [0.3, 0.4) is 0 Å². The van der Waals surface area contributed by atoms with Crippen LogP contribution in [0.5, 0.6) is 0 Å². The number of rotatable bonds is 4. The highest BCUT2D eigenvalue weighted by molar-refractivity contribution is 5.81. The van der Waals surface area contributed by atoms with E-state index in [1.165, 1.54) is 28.6 Å². The van der Waals surface area contributed by atoms with E-state index in [9.17, 15) is 0 Å². The third-order valence-corrected chi connectivity index (χ3v) is 4.92. The van der Waals surface area contributed by atoms with Gasteiger partial charge in [0.2, 0.25) is 0 Å². The second kappa shape index (κ2) is 6.97. The zero-order valence-electron chi connectivity index (χ0n) is 14.0. The molecule has 0 unspecified atom stereocenters. The molecule has 0 atom stereocenters. The van der Waals surface area contributed by atoms with Gasteiger partial charge in [0.25, 0.3) is 0 Å². The molecule has 120 valence electrons. The average molecular weight is 307 g/mol. The Hall–Kier alpha value is -2.13. The zero-order valence-corrected chi connectivity index (χ0v) is 14.0. The number of anilines is 1. The van der Waals surface area contributed by atoms with Crippen molar-refractivity contribution in [2.75, 3.05) is 31.1 Å². The summed E-state index contributed by atoms with van der Waals surface area (Å²) in [6.45, 7) is 9.66. The summed E-state index contributed by atoms with van der Waals surface area (Å²) in [5.41, 5.74) is 6.27. The largest absolute Gasteiger partial charge is 0.369 e. The van der Waals surface area contributed by atoms with Crippen molar-refractivity contribution in [3.8, 4) is 0 Å². The molecular formula is C20H25N3. The first-order valence-electron chi connectivity index (χ1n) is 8.31. The van der Waals surface area contributed by atoms with E-state index in [0.29, 0.717) is 0 Å². The van der Waals surface area contributed by atoms with Crippen molar-refractivity contribution in [3.63, 3.8) is 0 Å². The van der Waals surface area contributed by atoms with Crippen LogP contribution in [0.2, 0.25) is 0 Å². The van der Waals surface area contributed by atoms with E-state index in [-0.39, 0.29) is 0 Å². The predicted octanol–water partition coefficient (Wildman–Crippen LogP) is 3.62. The van der Waals surface area contributed by atoms with E-state index < -0.39 is 0 Å². The standard InChI is InChI=1S/C20H25N3/c1-16-17(2)20(9-8-19(16)14-21)23-12-10-22(11-13-23)15-18-6-4-3-5-7-18/h3-9,14,21H,10-13,15H2,1-2H3. The summed E-state index contributed by atoms with van der Waals surface area (Å²) in [4.78, 5) is 5.01. The van der Waals surface area contributed by atoms with Gasteiger partial charge in [-0.3, -0.25) is 4.90 Å². The summed E-state index contributed by atoms with van der Waals surface area (Å²) in [5.74, 6) is 0. The molecule has 1 heterocycles. The molecule has 0 amide bonds. The van der Waals surface area contributed by atoms with Crippen molar-refractivity contribution < 1.29 is 0 Å². The average Bonchev–Trinajstić information content (AvgIpc) is 2.59. The molecular weight excluding hydrogens is 282 g/mol. The molecule has 1 saturated heterocycles. The highest BCUT2D eigenvalue weighted by Gasteiger charge is 2.19. The Morgan fingerprint density at radius 3 is 2.26 bits per heavy atom. The minimum absolute atomic E-state index is 1.02. The first kappa shape index (κ1) is 15.8. The molecule has 2 aromatic carbocycles. The number of nitrogens with zero attached hydrogens (tertiary/aromatic N) is 2. The maximum Gasteiger partial charge on any atom is 0.0399 e. The second-order valence-corrected chi connectivity index (χ2v) is 6.32. The van der Waals surface area contributed by atoms with Gasteiger partial charge >= 0.3 is 0 Å². The number of hydrogen-bond donors (Lipinski definition) is 1. The summed E-state index contributed by atoms with van der Waals surface area (Å²) < 4.78 is 0. The fraction of sp³-hybridized carbons (Fsp3) is 0.350. The van der Waals surface area contributed by atoms with Crippen molar-refractivity contribution in [3.05, 3.63) is 64.7 Å². The van der Waals surface area contributed by atoms with E-state index in [1.54, 1.807) is 0 Å². The summed E-state index contributed by atoms with van der Waals surface area (Å²) in [5, 5.41) is 7.48. The van der Waals surface area contributed by atoms with Crippen molar-refractivity contribution in [1.29, 1.82) is 5.41 Å². The summed E-state index contributed by atoms with van der Waals surface area (Å²) >= 11 is 0. The van der Waals surface area contributed by atoms with Gasteiger partial charge in [-0.1, -0.05) is 36.4 Å². The smallest absolute Gasteiger partial charge is 0.0399 e. The highest BCUT2D eigenvalue weighted by atomic mass is 15.3. The lowest BCUT2D eigenvalue weighted by Gasteiger charge is -2.37. The van der Waals surface area contributed by atoms with Crippen LogP contribution in [0.15, 0.2) is 42.5 Å². The molecule has 1 N–H and O–H groups in total. The molecule has 0 saturated carbocycles. The lowest BCUT2D eigenvalue weighted by molar-refractivity contribution is 0.250. The summed E-state index contributed by atoms with van der Waals surface area (Å²) in [6.07, 6.45) is 1.45. The SMILES string of the molecule is Cc1c(C=N)ccc(N2CCN(Cc3ccccc3)CC2)c1C. The molecule has 3 heteroatoms. The maximum atomic E-state index is 7.48. The van der Waals surface area contributed by atoms with Crippen molar-refractivity contribution in [1.82, 2.24) is 4.90 Å². The molecule has 0 aromatic heterocycles. The van der Waals surface area contributed by atoms with Gasteiger partial charge in [0.05, 0.1) is 0 Å². The number of nitrogens with one attached hydrogen (secondary N) is 1. The number of hydrogen-bond acceptors (Lipinski definition) is 3. The molecule has 0 spiro atoms. The minimum Gasteiger partial charge on any atom is -0.369 e. The van der Waals surface area contributed by atoms with E-state index in [1.807, 2.05) is 0 Å². The molecule has 0 bridgehead atoms. The van der Waals surface area contributed by atoms with E-state index >= 15 is 0 Å². The quantitative estimate of drug-likeness (QED) is 0.874. The van der Waals surface area contributed by atoms with Gasteiger partial charge in [-0.15, -0.1) is 0 Å². The third kappa shape index (κ3) is 3.45. The Balaban J connectivity index is 1.65. The van der Waals surface area contributed by atoms with Crippen LogP contribution in [0, 0.1) is 19.3 Å². The van der Waals surface area contributed by atoms with Gasteiger partial charge in [-0.05, 0) is 42.2 Å². The van der Waals surface area contributed by atoms with Gasteiger partial charge in [0.1, 0.15) is 0 Å². The lowest BCUT2D eigenvalue weighted by Crippen LogP contribution is -2.46. The van der Waals surface area contributed by atoms with Crippen LogP contribution in [-0.4, -0.2) is 37.3 Å². The Bertz CT molecular complexity index is 671. The summed E-state index contributed by atoms with van der Waals surface area (Å²) in [7, 11) is 0. The Morgan fingerprint density at radius 2 is 1.61 bits per heavy atom. The van der Waals surface area contributed by atoms with Crippen LogP contribution in [-0.2, 0) is 6.54 Å². The first-order valence-corrected chi connectivity index (χ1v) is 8.31. The number of benzene rings is 2. The molecule has 3 rings (SSSR count). The molecule has 3 nitrogen and oxygen atoms in total. The normalized spacial score (nSPS) is 15.7. The topological polar surface area (TPSA) is 30.3 Å². The molecule has 1 fully saturated rings. The van der Waals surface area contributed by atoms with Gasteiger partial charge in [-0.25, -0.2) is 0 Å². The maximum absolute atomic E-state index is 7.48. The molecule has 0 aliphatic carbocycles. The molecule has 1 aliphatic rings. The fourth-order valence-electron chi connectivity index (χ4n) is 3.31. The van der Waals surface area contributed by atoms with Crippen LogP contribution < -0.4 is 4.90 Å². The van der Waals surface area contributed by atoms with E-state index in [2.05, 4.69) is 66.1 Å². The first-order chi connectivity index (χ1) is 11.2. The van der Waals surface area contributed by atoms with Crippen LogP contribution >= 0.6 is 0 Å². The second-order valence-electron chi connectivity index (χ2n) is 6.32. The predicted molar refractivity (Wildman–Crippen MR) is 97.7 cm³/mol.